The Hall–Kier alpha value is -2.08. The van der Waals surface area contributed by atoms with Gasteiger partial charge in [0.05, 0.1) is 22.1 Å². The van der Waals surface area contributed by atoms with Crippen LogP contribution >= 0.6 is 0 Å². The highest BCUT2D eigenvalue weighted by Crippen LogP contribution is 2.17. The van der Waals surface area contributed by atoms with Gasteiger partial charge in [-0.15, -0.1) is 0 Å². The van der Waals surface area contributed by atoms with Crippen LogP contribution in [0.1, 0.15) is 15.9 Å². The second-order valence-electron chi connectivity index (χ2n) is 4.06. The van der Waals surface area contributed by atoms with Crippen LogP contribution < -0.4 is 0 Å². The van der Waals surface area contributed by atoms with E-state index in [1.807, 2.05) is 0 Å². The molecule has 0 saturated carbocycles. The van der Waals surface area contributed by atoms with Gasteiger partial charge in [0.15, 0.2) is 0 Å². The summed E-state index contributed by atoms with van der Waals surface area (Å²) >= 11 is 0. The summed E-state index contributed by atoms with van der Waals surface area (Å²) in [6, 6.07) is 8.66. The van der Waals surface area contributed by atoms with Crippen LogP contribution in [0.25, 0.3) is 0 Å². The summed E-state index contributed by atoms with van der Waals surface area (Å²) in [5.41, 5.74) is 0.126. The molecule has 104 valence electrons. The van der Waals surface area contributed by atoms with Crippen LogP contribution in [0.5, 0.6) is 0 Å². The Morgan fingerprint density at radius 2 is 1.90 bits per heavy atom. The summed E-state index contributed by atoms with van der Waals surface area (Å²) in [4.78, 5) is 11.1. The Balaban J connectivity index is 2.24. The zero-order valence-corrected chi connectivity index (χ0v) is 11.0. The number of carbonyl (C=O) groups is 1. The number of halogens is 2. The fourth-order valence-electron chi connectivity index (χ4n) is 1.63. The molecule has 0 aliphatic carbocycles. The van der Waals surface area contributed by atoms with Crippen LogP contribution in [0.15, 0.2) is 47.4 Å². The Bertz CT molecular complexity index is 686. The van der Waals surface area contributed by atoms with Crippen molar-refractivity contribution in [3.05, 3.63) is 65.2 Å². The molecule has 0 spiro atoms. The third-order valence-electron chi connectivity index (χ3n) is 2.65. The molecule has 6 heteroatoms. The van der Waals surface area contributed by atoms with Crippen molar-refractivity contribution in [3.63, 3.8) is 0 Å². The molecule has 0 radical (unpaired) electrons. The first-order chi connectivity index (χ1) is 9.47. The maximum atomic E-state index is 13.5. The third kappa shape index (κ3) is 3.27. The van der Waals surface area contributed by atoms with E-state index in [1.54, 1.807) is 0 Å². The first kappa shape index (κ1) is 14.3. The summed E-state index contributed by atoms with van der Waals surface area (Å²) in [5.74, 6) is -2.75. The van der Waals surface area contributed by atoms with Gasteiger partial charge in [0.25, 0.3) is 0 Å². The van der Waals surface area contributed by atoms with Gasteiger partial charge < -0.3 is 5.11 Å². The highest BCUT2D eigenvalue weighted by Gasteiger charge is 2.12. The molecule has 0 saturated heterocycles. The van der Waals surface area contributed by atoms with E-state index in [9.17, 15) is 17.8 Å². The van der Waals surface area contributed by atoms with Gasteiger partial charge in [-0.2, -0.15) is 0 Å². The van der Waals surface area contributed by atoms with Gasteiger partial charge in [-0.25, -0.2) is 13.6 Å². The minimum absolute atomic E-state index is 0.00966. The highest BCUT2D eigenvalue weighted by atomic mass is 32.2. The number of hydrogen-bond donors (Lipinski definition) is 1. The molecule has 3 nitrogen and oxygen atoms in total. The summed E-state index contributed by atoms with van der Waals surface area (Å²) in [6.45, 7) is 0. The molecular weight excluding hydrogens is 286 g/mol. The number of carboxylic acids is 1. The second kappa shape index (κ2) is 5.92. The Morgan fingerprint density at radius 1 is 1.15 bits per heavy atom. The average Bonchev–Trinajstić information content (AvgIpc) is 2.42. The van der Waals surface area contributed by atoms with Crippen LogP contribution in [0.4, 0.5) is 8.78 Å². The number of rotatable bonds is 4. The molecule has 0 aliphatic heterocycles. The van der Waals surface area contributed by atoms with E-state index in [0.717, 1.165) is 12.1 Å². The smallest absolute Gasteiger partial charge is 0.335 e. The van der Waals surface area contributed by atoms with E-state index < -0.39 is 28.4 Å². The second-order valence-corrected chi connectivity index (χ2v) is 5.51. The minimum Gasteiger partial charge on any atom is -0.478 e. The summed E-state index contributed by atoms with van der Waals surface area (Å²) < 4.78 is 38.3. The van der Waals surface area contributed by atoms with Gasteiger partial charge in [0.1, 0.15) is 11.6 Å². The first-order valence-corrected chi connectivity index (χ1v) is 6.95. The maximum Gasteiger partial charge on any atom is 0.335 e. The predicted molar refractivity (Wildman–Crippen MR) is 69.9 cm³/mol. The fourth-order valence-corrected chi connectivity index (χ4v) is 2.81. The summed E-state index contributed by atoms with van der Waals surface area (Å²) in [6.07, 6.45) is 0. The largest absolute Gasteiger partial charge is 0.478 e. The van der Waals surface area contributed by atoms with Crippen LogP contribution in [-0.4, -0.2) is 15.3 Å². The first-order valence-electron chi connectivity index (χ1n) is 5.63. The van der Waals surface area contributed by atoms with E-state index in [0.29, 0.717) is 0 Å². The zero-order valence-electron chi connectivity index (χ0n) is 10.2. The predicted octanol–water partition coefficient (Wildman–Crippen LogP) is 2.97. The normalized spacial score (nSPS) is 12.1. The molecule has 1 N–H and O–H groups in total. The molecule has 0 aliphatic rings. The summed E-state index contributed by atoms with van der Waals surface area (Å²) in [5, 5.41) is 8.85. The maximum absolute atomic E-state index is 13.5. The molecule has 2 aromatic rings. The van der Waals surface area contributed by atoms with Crippen LogP contribution in [0.3, 0.4) is 0 Å². The molecule has 2 rings (SSSR count). The van der Waals surface area contributed by atoms with E-state index in [2.05, 4.69) is 0 Å². The van der Waals surface area contributed by atoms with Gasteiger partial charge in [-0.3, -0.25) is 4.21 Å². The molecule has 0 fully saturated rings. The number of carboxylic acid groups (broad SMARTS) is 1. The lowest BCUT2D eigenvalue weighted by Crippen LogP contribution is -2.02. The van der Waals surface area contributed by atoms with Crippen molar-refractivity contribution in [1.82, 2.24) is 0 Å². The van der Waals surface area contributed by atoms with Crippen LogP contribution in [0.2, 0.25) is 0 Å². The van der Waals surface area contributed by atoms with Gasteiger partial charge >= 0.3 is 5.97 Å². The average molecular weight is 296 g/mol. The summed E-state index contributed by atoms with van der Waals surface area (Å²) in [7, 11) is -1.60. The lowest BCUT2D eigenvalue weighted by Gasteiger charge is -2.05. The molecule has 1 unspecified atom stereocenters. The fraction of sp³-hybridized carbons (Fsp3) is 0.0714. The van der Waals surface area contributed by atoms with E-state index in [1.165, 1.54) is 30.3 Å². The number of benzene rings is 2. The van der Waals surface area contributed by atoms with E-state index >= 15 is 0 Å². The molecule has 0 bridgehead atoms. The molecule has 0 heterocycles. The molecular formula is C14H10F2O3S. The van der Waals surface area contributed by atoms with Gasteiger partial charge in [0, 0.05) is 16.5 Å². The lowest BCUT2D eigenvalue weighted by molar-refractivity contribution is 0.0696. The van der Waals surface area contributed by atoms with Crippen molar-refractivity contribution < 1.29 is 22.9 Å². The van der Waals surface area contributed by atoms with Crippen molar-refractivity contribution in [2.75, 3.05) is 0 Å². The van der Waals surface area contributed by atoms with E-state index in [4.69, 9.17) is 5.11 Å². The van der Waals surface area contributed by atoms with Crippen LogP contribution in [-0.2, 0) is 16.6 Å². The molecule has 20 heavy (non-hydrogen) atoms. The molecule has 2 aromatic carbocycles. The monoisotopic (exact) mass is 296 g/mol. The lowest BCUT2D eigenvalue weighted by atomic mass is 10.2. The molecule has 0 aromatic heterocycles. The number of hydrogen-bond acceptors (Lipinski definition) is 2. The van der Waals surface area contributed by atoms with Crippen molar-refractivity contribution in [2.45, 2.75) is 10.6 Å². The van der Waals surface area contributed by atoms with Gasteiger partial charge in [-0.1, -0.05) is 12.1 Å². The van der Waals surface area contributed by atoms with Crippen molar-refractivity contribution in [3.8, 4) is 0 Å². The Morgan fingerprint density at radius 3 is 2.55 bits per heavy atom. The van der Waals surface area contributed by atoms with Crippen molar-refractivity contribution >= 4 is 16.8 Å². The highest BCUT2D eigenvalue weighted by molar-refractivity contribution is 7.84. The van der Waals surface area contributed by atoms with Gasteiger partial charge in [0.2, 0.25) is 0 Å². The van der Waals surface area contributed by atoms with E-state index in [-0.39, 0.29) is 21.8 Å². The number of aromatic carboxylic acids is 1. The minimum atomic E-state index is -1.60. The Labute approximate surface area is 116 Å². The Kier molecular flexibility index (Phi) is 4.24. The quantitative estimate of drug-likeness (QED) is 0.943. The topological polar surface area (TPSA) is 54.4 Å². The molecule has 0 amide bonds. The SMILES string of the molecule is O=C(O)c1cccc(S(=O)Cc2ccc(F)cc2F)c1. The third-order valence-corrected chi connectivity index (χ3v) is 4.00. The van der Waals surface area contributed by atoms with Crippen molar-refractivity contribution in [1.29, 1.82) is 0 Å². The van der Waals surface area contributed by atoms with Crippen LogP contribution in [0, 0.1) is 11.6 Å². The zero-order chi connectivity index (χ0) is 14.7. The standard InChI is InChI=1S/C14H10F2O3S/c15-11-5-4-10(13(16)7-11)8-20(19)12-3-1-2-9(6-12)14(17)18/h1-7H,8H2,(H,17,18). The van der Waals surface area contributed by atoms with Crippen molar-refractivity contribution in [2.24, 2.45) is 0 Å². The van der Waals surface area contributed by atoms with Gasteiger partial charge in [-0.05, 0) is 24.3 Å². The molecule has 1 atom stereocenters.